The Morgan fingerprint density at radius 2 is 2.44 bits per heavy atom. The number of nitrogens with two attached hydrogens (primary N) is 1. The van der Waals surface area contributed by atoms with Gasteiger partial charge >= 0.3 is 0 Å². The zero-order valence-corrected chi connectivity index (χ0v) is 10.5. The average Bonchev–Trinajstić information content (AvgIpc) is 3.05. The summed E-state index contributed by atoms with van der Waals surface area (Å²) < 4.78 is 0. The number of H-pyrrole nitrogens is 1. The van der Waals surface area contributed by atoms with Gasteiger partial charge in [-0.25, -0.2) is 9.97 Å². The lowest BCUT2D eigenvalue weighted by Crippen LogP contribution is -2.25. The van der Waals surface area contributed by atoms with Gasteiger partial charge in [0.05, 0.1) is 0 Å². The lowest BCUT2D eigenvalue weighted by atomic mass is 10.3. The van der Waals surface area contributed by atoms with Gasteiger partial charge in [0.15, 0.2) is 0 Å². The van der Waals surface area contributed by atoms with Gasteiger partial charge in [0.1, 0.15) is 22.9 Å². The van der Waals surface area contributed by atoms with Crippen LogP contribution in [-0.4, -0.2) is 32.6 Å². The number of amides is 1. The maximum atomic E-state index is 11.7. The van der Waals surface area contributed by atoms with Crippen LogP contribution >= 0.6 is 11.3 Å². The molecule has 0 bridgehead atoms. The highest BCUT2D eigenvalue weighted by atomic mass is 32.1. The molecule has 2 aromatic heterocycles. The van der Waals surface area contributed by atoms with E-state index in [1.165, 1.54) is 17.7 Å². The molecule has 8 heteroatoms. The van der Waals surface area contributed by atoms with Crippen molar-refractivity contribution in [2.24, 2.45) is 5.73 Å². The topological polar surface area (TPSA) is 110 Å². The molecule has 0 unspecified atom stereocenters. The van der Waals surface area contributed by atoms with Crippen LogP contribution in [0.5, 0.6) is 0 Å². The number of hydrogen-bond acceptors (Lipinski definition) is 6. The first-order chi connectivity index (χ1) is 8.79. The zero-order valence-electron chi connectivity index (χ0n) is 9.72. The number of nitrogens with zero attached hydrogens (tertiary/aromatic N) is 3. The van der Waals surface area contributed by atoms with Crippen molar-refractivity contribution in [2.45, 2.75) is 19.4 Å². The minimum absolute atomic E-state index is 0.163. The summed E-state index contributed by atoms with van der Waals surface area (Å²) in [5.41, 5.74) is 5.87. The molecule has 0 fully saturated rings. The second-order valence-corrected chi connectivity index (χ2v) is 4.56. The number of carbonyl (C=O) groups excluding carboxylic acids is 1. The molecule has 0 atom stereocenters. The molecule has 96 valence electrons. The minimum atomic E-state index is -0.163. The smallest absolute Gasteiger partial charge is 0.270 e. The number of carbonyl (C=O) groups is 1. The van der Waals surface area contributed by atoms with Gasteiger partial charge in [-0.3, -0.25) is 9.89 Å². The summed E-state index contributed by atoms with van der Waals surface area (Å²) >= 11 is 1.39. The van der Waals surface area contributed by atoms with E-state index in [9.17, 15) is 4.79 Å². The van der Waals surface area contributed by atoms with Crippen molar-refractivity contribution < 1.29 is 4.79 Å². The first kappa shape index (κ1) is 12.7. The van der Waals surface area contributed by atoms with Crippen molar-refractivity contribution in [1.29, 1.82) is 0 Å². The van der Waals surface area contributed by atoms with Gasteiger partial charge < -0.3 is 11.1 Å². The molecule has 1 amide bonds. The standard InChI is InChI=1S/C10H14N6OS/c11-4-9-15-7(5-18-9)10(17)12-3-1-2-8-13-6-14-16-8/h5-6H,1-4,11H2,(H,12,17)(H,13,14,16). The van der Waals surface area contributed by atoms with Crippen LogP contribution in [0.4, 0.5) is 0 Å². The number of aryl methyl sites for hydroxylation is 1. The van der Waals surface area contributed by atoms with Gasteiger partial charge in [-0.15, -0.1) is 11.3 Å². The third-order valence-electron chi connectivity index (χ3n) is 2.30. The number of rotatable bonds is 6. The fraction of sp³-hybridized carbons (Fsp3) is 0.400. The second kappa shape index (κ2) is 6.22. The maximum absolute atomic E-state index is 11.7. The number of aromatic amines is 1. The van der Waals surface area contributed by atoms with Crippen LogP contribution in [0, 0.1) is 0 Å². The number of nitrogens with one attached hydrogen (secondary N) is 2. The largest absolute Gasteiger partial charge is 0.351 e. The Balaban J connectivity index is 1.71. The molecule has 18 heavy (non-hydrogen) atoms. The predicted molar refractivity (Wildman–Crippen MR) is 67.0 cm³/mol. The molecule has 0 saturated heterocycles. The van der Waals surface area contributed by atoms with E-state index in [2.05, 4.69) is 25.5 Å². The SMILES string of the molecule is NCc1nc(C(=O)NCCCc2ncn[nH]2)cs1. The summed E-state index contributed by atoms with van der Waals surface area (Å²) in [5.74, 6) is 0.659. The summed E-state index contributed by atoms with van der Waals surface area (Å²) in [6.07, 6.45) is 3.03. The number of aromatic nitrogens is 4. The van der Waals surface area contributed by atoms with E-state index < -0.39 is 0 Å². The van der Waals surface area contributed by atoms with Gasteiger partial charge in [0.2, 0.25) is 0 Å². The lowest BCUT2D eigenvalue weighted by molar-refractivity contribution is 0.0948. The first-order valence-electron chi connectivity index (χ1n) is 5.56. The van der Waals surface area contributed by atoms with Crippen LogP contribution in [0.25, 0.3) is 0 Å². The average molecular weight is 266 g/mol. The fourth-order valence-corrected chi connectivity index (χ4v) is 2.06. The van der Waals surface area contributed by atoms with Gasteiger partial charge in [0, 0.05) is 24.9 Å². The highest BCUT2D eigenvalue weighted by Gasteiger charge is 2.09. The molecule has 0 aromatic carbocycles. The van der Waals surface area contributed by atoms with Crippen molar-refractivity contribution in [1.82, 2.24) is 25.5 Å². The van der Waals surface area contributed by atoms with Gasteiger partial charge in [0.25, 0.3) is 5.91 Å². The van der Waals surface area contributed by atoms with Crippen molar-refractivity contribution in [3.63, 3.8) is 0 Å². The van der Waals surface area contributed by atoms with Crippen molar-refractivity contribution >= 4 is 17.2 Å². The van der Waals surface area contributed by atoms with Crippen LogP contribution in [0.15, 0.2) is 11.7 Å². The van der Waals surface area contributed by atoms with Crippen LogP contribution < -0.4 is 11.1 Å². The minimum Gasteiger partial charge on any atom is -0.351 e. The van der Waals surface area contributed by atoms with Crippen molar-refractivity contribution in [2.75, 3.05) is 6.54 Å². The summed E-state index contributed by atoms with van der Waals surface area (Å²) in [5, 5.41) is 11.8. The van der Waals surface area contributed by atoms with E-state index >= 15 is 0 Å². The summed E-state index contributed by atoms with van der Waals surface area (Å²) in [4.78, 5) is 19.8. The van der Waals surface area contributed by atoms with Crippen LogP contribution in [0.3, 0.4) is 0 Å². The molecule has 7 nitrogen and oxygen atoms in total. The Hall–Kier alpha value is -1.80. The van der Waals surface area contributed by atoms with Crippen molar-refractivity contribution in [3.8, 4) is 0 Å². The highest BCUT2D eigenvalue weighted by Crippen LogP contribution is 2.08. The van der Waals surface area contributed by atoms with E-state index in [0.717, 1.165) is 23.7 Å². The molecule has 0 aliphatic carbocycles. The molecule has 2 rings (SSSR count). The third kappa shape index (κ3) is 3.34. The Labute approximate surface area is 108 Å². The van der Waals surface area contributed by atoms with Crippen LogP contribution in [-0.2, 0) is 13.0 Å². The Morgan fingerprint density at radius 1 is 1.56 bits per heavy atom. The monoisotopic (exact) mass is 266 g/mol. The van der Waals surface area contributed by atoms with Crippen LogP contribution in [0.1, 0.15) is 27.7 Å². The lowest BCUT2D eigenvalue weighted by Gasteiger charge is -2.01. The van der Waals surface area contributed by atoms with Crippen LogP contribution in [0.2, 0.25) is 0 Å². The molecule has 4 N–H and O–H groups in total. The predicted octanol–water partition coefficient (Wildman–Crippen LogP) is 0.0825. The Kier molecular flexibility index (Phi) is 4.37. The molecule has 2 aromatic rings. The molecular weight excluding hydrogens is 252 g/mol. The van der Waals surface area contributed by atoms with E-state index in [1.54, 1.807) is 5.38 Å². The van der Waals surface area contributed by atoms with Gasteiger partial charge in [-0.05, 0) is 6.42 Å². The Bertz CT molecular complexity index is 494. The Morgan fingerprint density at radius 3 is 3.11 bits per heavy atom. The second-order valence-electron chi connectivity index (χ2n) is 3.62. The number of thiazole rings is 1. The highest BCUT2D eigenvalue weighted by molar-refractivity contribution is 7.09. The van der Waals surface area contributed by atoms with E-state index in [0.29, 0.717) is 18.8 Å². The molecule has 0 radical (unpaired) electrons. The molecule has 0 aliphatic heterocycles. The molecule has 2 heterocycles. The van der Waals surface area contributed by atoms with Gasteiger partial charge in [-0.2, -0.15) is 5.10 Å². The molecule has 0 aliphatic rings. The van der Waals surface area contributed by atoms with Crippen molar-refractivity contribution in [3.05, 3.63) is 28.2 Å². The molecule has 0 saturated carbocycles. The summed E-state index contributed by atoms with van der Waals surface area (Å²) in [6, 6.07) is 0. The fourth-order valence-electron chi connectivity index (χ4n) is 1.41. The van der Waals surface area contributed by atoms with E-state index in [4.69, 9.17) is 5.73 Å². The first-order valence-corrected chi connectivity index (χ1v) is 6.44. The summed E-state index contributed by atoms with van der Waals surface area (Å²) in [7, 11) is 0. The third-order valence-corrected chi connectivity index (χ3v) is 3.17. The number of hydrogen-bond donors (Lipinski definition) is 3. The van der Waals surface area contributed by atoms with Gasteiger partial charge in [-0.1, -0.05) is 0 Å². The molecule has 0 spiro atoms. The zero-order chi connectivity index (χ0) is 12.8. The summed E-state index contributed by atoms with van der Waals surface area (Å²) in [6.45, 7) is 0.943. The van der Waals surface area contributed by atoms with E-state index in [-0.39, 0.29) is 5.91 Å². The molecular formula is C10H14N6OS. The van der Waals surface area contributed by atoms with E-state index in [1.807, 2.05) is 0 Å². The maximum Gasteiger partial charge on any atom is 0.270 e. The normalized spacial score (nSPS) is 10.5. The quantitative estimate of drug-likeness (QED) is 0.641.